The summed E-state index contributed by atoms with van der Waals surface area (Å²) in [5.41, 5.74) is 1.49. The Morgan fingerprint density at radius 1 is 1.38 bits per heavy atom. The van der Waals surface area contributed by atoms with Crippen molar-refractivity contribution in [3.05, 3.63) is 36.3 Å². The van der Waals surface area contributed by atoms with Crippen LogP contribution in [0.3, 0.4) is 0 Å². The monoisotopic (exact) mass is 289 g/mol. The van der Waals surface area contributed by atoms with Crippen molar-refractivity contribution >= 4 is 17.6 Å². The zero-order valence-corrected chi connectivity index (χ0v) is 11.1. The lowest BCUT2D eigenvalue weighted by Gasteiger charge is -2.18. The second kappa shape index (κ2) is 5.17. The van der Waals surface area contributed by atoms with Crippen molar-refractivity contribution in [3.63, 3.8) is 0 Å². The van der Waals surface area contributed by atoms with Crippen LogP contribution in [0.25, 0.3) is 5.65 Å². The van der Waals surface area contributed by atoms with Gasteiger partial charge in [-0.25, -0.2) is 4.98 Å². The van der Waals surface area contributed by atoms with E-state index < -0.39 is 23.9 Å². The minimum absolute atomic E-state index is 0.192. The van der Waals surface area contributed by atoms with E-state index in [1.54, 1.807) is 0 Å². The largest absolute Gasteiger partial charge is 0.481 e. The fourth-order valence-electron chi connectivity index (χ4n) is 2.98. The molecule has 0 saturated carbocycles. The molecule has 1 saturated heterocycles. The number of pyridine rings is 1. The van der Waals surface area contributed by atoms with Gasteiger partial charge in [0.1, 0.15) is 11.7 Å². The van der Waals surface area contributed by atoms with E-state index in [0.717, 1.165) is 11.3 Å². The molecule has 0 unspecified atom stereocenters. The third kappa shape index (κ3) is 2.47. The molecule has 2 aromatic rings. The molecule has 7 heteroatoms. The van der Waals surface area contributed by atoms with E-state index in [1.165, 1.54) is 0 Å². The topological polar surface area (TPSA) is 104 Å². The molecule has 7 nitrogen and oxygen atoms in total. The van der Waals surface area contributed by atoms with Gasteiger partial charge in [0, 0.05) is 30.8 Å². The molecule has 110 valence electrons. The Labute approximate surface area is 120 Å². The normalized spacial score (nSPS) is 25.2. The molecule has 3 N–H and O–H groups in total. The molecule has 3 atom stereocenters. The van der Waals surface area contributed by atoms with E-state index in [9.17, 15) is 14.7 Å². The second-order valence-electron chi connectivity index (χ2n) is 5.22. The first-order valence-electron chi connectivity index (χ1n) is 6.68. The van der Waals surface area contributed by atoms with E-state index in [-0.39, 0.29) is 12.3 Å². The Kier molecular flexibility index (Phi) is 3.34. The SMILES string of the molecule is O=C(O)C[C@@H]1[C@@H](C(=O)O)NC[C@H]1c1cn2ccccc2n1. The number of carbonyl (C=O) groups is 2. The van der Waals surface area contributed by atoms with Crippen molar-refractivity contribution in [1.29, 1.82) is 0 Å². The van der Waals surface area contributed by atoms with Crippen molar-refractivity contribution in [2.45, 2.75) is 18.4 Å². The molecule has 1 fully saturated rings. The van der Waals surface area contributed by atoms with Crippen LogP contribution in [0.15, 0.2) is 30.6 Å². The Bertz CT molecular complexity index is 663. The van der Waals surface area contributed by atoms with Crippen LogP contribution in [-0.2, 0) is 9.59 Å². The first-order valence-corrected chi connectivity index (χ1v) is 6.68. The standard InChI is InChI=1S/C14H15N3O4/c18-12(19)5-8-9(6-15-13(8)14(20)21)10-7-17-4-2-1-3-11(17)16-10/h1-4,7-9,13,15H,5-6H2,(H,18,19)(H,20,21)/t8-,9+,13-/m0/s1. The zero-order chi connectivity index (χ0) is 15.0. The van der Waals surface area contributed by atoms with Crippen molar-refractivity contribution in [2.24, 2.45) is 5.92 Å². The molecule has 3 heterocycles. The van der Waals surface area contributed by atoms with E-state index in [4.69, 9.17) is 5.11 Å². The first kappa shape index (κ1) is 13.6. The Morgan fingerprint density at radius 3 is 2.86 bits per heavy atom. The van der Waals surface area contributed by atoms with Gasteiger partial charge in [0.25, 0.3) is 0 Å². The molecule has 0 aliphatic carbocycles. The van der Waals surface area contributed by atoms with Gasteiger partial charge in [-0.05, 0) is 12.1 Å². The van der Waals surface area contributed by atoms with Crippen LogP contribution >= 0.6 is 0 Å². The summed E-state index contributed by atoms with van der Waals surface area (Å²) in [6.45, 7) is 0.415. The lowest BCUT2D eigenvalue weighted by Crippen LogP contribution is -2.36. The van der Waals surface area contributed by atoms with Crippen LogP contribution in [0.4, 0.5) is 0 Å². The summed E-state index contributed by atoms with van der Waals surface area (Å²) in [4.78, 5) is 26.8. The number of nitrogens with zero attached hydrogens (tertiary/aromatic N) is 2. The number of carboxylic acid groups (broad SMARTS) is 2. The average molecular weight is 289 g/mol. The first-order chi connectivity index (χ1) is 10.1. The highest BCUT2D eigenvalue weighted by molar-refractivity contribution is 5.76. The molecule has 0 bridgehead atoms. The van der Waals surface area contributed by atoms with Gasteiger partial charge in [-0.15, -0.1) is 0 Å². The number of aliphatic carboxylic acids is 2. The number of hydrogen-bond acceptors (Lipinski definition) is 4. The number of carboxylic acids is 2. The molecular weight excluding hydrogens is 274 g/mol. The predicted octanol–water partition coefficient (Wildman–Crippen LogP) is 0.565. The van der Waals surface area contributed by atoms with Crippen LogP contribution in [0.2, 0.25) is 0 Å². The van der Waals surface area contributed by atoms with Crippen LogP contribution in [0, 0.1) is 5.92 Å². The Hall–Kier alpha value is -2.41. The maximum Gasteiger partial charge on any atom is 0.321 e. The summed E-state index contributed by atoms with van der Waals surface area (Å²) in [6, 6.07) is 4.75. The van der Waals surface area contributed by atoms with Crippen molar-refractivity contribution < 1.29 is 19.8 Å². The van der Waals surface area contributed by atoms with Gasteiger partial charge in [0.15, 0.2) is 0 Å². The number of imidazole rings is 1. The summed E-state index contributed by atoms with van der Waals surface area (Å²) in [7, 11) is 0. The highest BCUT2D eigenvalue weighted by Gasteiger charge is 2.42. The van der Waals surface area contributed by atoms with E-state index in [0.29, 0.717) is 6.54 Å². The number of aromatic nitrogens is 2. The number of rotatable bonds is 4. The molecule has 3 rings (SSSR count). The van der Waals surface area contributed by atoms with Crippen LogP contribution in [0.1, 0.15) is 18.0 Å². The van der Waals surface area contributed by atoms with Crippen molar-refractivity contribution in [2.75, 3.05) is 6.54 Å². The van der Waals surface area contributed by atoms with Gasteiger partial charge in [-0.1, -0.05) is 6.07 Å². The number of fused-ring (bicyclic) bond motifs is 1. The maximum atomic E-state index is 11.3. The lowest BCUT2D eigenvalue weighted by atomic mass is 9.86. The molecule has 0 amide bonds. The van der Waals surface area contributed by atoms with Gasteiger partial charge in [0.2, 0.25) is 0 Å². The van der Waals surface area contributed by atoms with Crippen LogP contribution in [0.5, 0.6) is 0 Å². The molecule has 0 radical (unpaired) electrons. The highest BCUT2D eigenvalue weighted by atomic mass is 16.4. The minimum Gasteiger partial charge on any atom is -0.481 e. The van der Waals surface area contributed by atoms with Crippen molar-refractivity contribution in [1.82, 2.24) is 14.7 Å². The summed E-state index contributed by atoms with van der Waals surface area (Å²) >= 11 is 0. The van der Waals surface area contributed by atoms with E-state index in [1.807, 2.05) is 35.0 Å². The summed E-state index contributed by atoms with van der Waals surface area (Å²) in [5, 5.41) is 21.1. The maximum absolute atomic E-state index is 11.3. The molecule has 0 spiro atoms. The number of nitrogens with one attached hydrogen (secondary N) is 1. The molecule has 1 aliphatic heterocycles. The third-order valence-corrected chi connectivity index (χ3v) is 3.94. The smallest absolute Gasteiger partial charge is 0.321 e. The quantitative estimate of drug-likeness (QED) is 0.760. The van der Waals surface area contributed by atoms with Gasteiger partial charge < -0.3 is 19.9 Å². The zero-order valence-electron chi connectivity index (χ0n) is 11.1. The predicted molar refractivity (Wildman–Crippen MR) is 73.1 cm³/mol. The minimum atomic E-state index is -1.02. The lowest BCUT2D eigenvalue weighted by molar-refractivity contribution is -0.142. The van der Waals surface area contributed by atoms with Gasteiger partial charge in [-0.2, -0.15) is 0 Å². The van der Waals surface area contributed by atoms with Gasteiger partial charge in [-0.3, -0.25) is 9.59 Å². The van der Waals surface area contributed by atoms with Crippen LogP contribution in [-0.4, -0.2) is 44.1 Å². The van der Waals surface area contributed by atoms with Crippen LogP contribution < -0.4 is 5.32 Å². The third-order valence-electron chi connectivity index (χ3n) is 3.94. The average Bonchev–Trinajstić information content (AvgIpc) is 3.00. The molecule has 0 aromatic carbocycles. The van der Waals surface area contributed by atoms with Crippen molar-refractivity contribution in [3.8, 4) is 0 Å². The molecular formula is C14H15N3O4. The fraction of sp³-hybridized carbons (Fsp3) is 0.357. The molecule has 1 aliphatic rings. The summed E-state index contributed by atoms with van der Waals surface area (Å²) in [5.74, 6) is -2.75. The van der Waals surface area contributed by atoms with Gasteiger partial charge in [0.05, 0.1) is 12.1 Å². The van der Waals surface area contributed by atoms with E-state index >= 15 is 0 Å². The van der Waals surface area contributed by atoms with E-state index in [2.05, 4.69) is 10.3 Å². The highest BCUT2D eigenvalue weighted by Crippen LogP contribution is 2.34. The molecule has 2 aromatic heterocycles. The Balaban J connectivity index is 1.95. The summed E-state index contributed by atoms with van der Waals surface area (Å²) in [6.07, 6.45) is 3.50. The fourth-order valence-corrected chi connectivity index (χ4v) is 2.98. The second-order valence-corrected chi connectivity index (χ2v) is 5.22. The molecule has 21 heavy (non-hydrogen) atoms. The summed E-state index contributed by atoms with van der Waals surface area (Å²) < 4.78 is 1.85. The Morgan fingerprint density at radius 2 is 2.19 bits per heavy atom. The number of hydrogen-bond donors (Lipinski definition) is 3. The van der Waals surface area contributed by atoms with Gasteiger partial charge >= 0.3 is 11.9 Å².